The molecule has 2 aromatic carbocycles. The summed E-state index contributed by atoms with van der Waals surface area (Å²) in [5.74, 6) is 0.828. The molecule has 1 amide bonds. The van der Waals surface area contributed by atoms with Gasteiger partial charge in [-0.3, -0.25) is 4.79 Å². The molecule has 0 saturated carbocycles. The summed E-state index contributed by atoms with van der Waals surface area (Å²) in [5, 5.41) is 3.63. The first kappa shape index (κ1) is 18.2. The molecular weight excluding hydrogens is 376 g/mol. The fraction of sp³-hybridized carbons (Fsp3) is 0.273. The Morgan fingerprint density at radius 1 is 1.15 bits per heavy atom. The molecule has 1 aromatic heterocycles. The Bertz CT molecular complexity index is 896. The van der Waals surface area contributed by atoms with Crippen molar-refractivity contribution < 1.29 is 4.79 Å². The number of aromatic nitrogens is 1. The lowest BCUT2D eigenvalue weighted by molar-refractivity contribution is 0.0511. The molecule has 0 aliphatic carbocycles. The van der Waals surface area contributed by atoms with Crippen LogP contribution in [0.15, 0.2) is 66.2 Å². The van der Waals surface area contributed by atoms with E-state index < -0.39 is 0 Å². The standard InChI is InChI=1S/C22H21ClN2OS/c1-15-13-20(21-24-11-12-27-21)25(14-19(15)16-5-3-2-4-6-16)22(26)17-7-9-18(23)10-8-17/h2-12,15,19-20H,13-14H2,1H3. The smallest absolute Gasteiger partial charge is 0.254 e. The van der Waals surface area contributed by atoms with E-state index in [-0.39, 0.29) is 11.9 Å². The average molecular weight is 397 g/mol. The van der Waals surface area contributed by atoms with Gasteiger partial charge in [-0.25, -0.2) is 4.98 Å². The van der Waals surface area contributed by atoms with Crippen molar-refractivity contribution >= 4 is 28.8 Å². The van der Waals surface area contributed by atoms with Crippen LogP contribution < -0.4 is 0 Å². The quantitative estimate of drug-likeness (QED) is 0.560. The number of rotatable bonds is 3. The summed E-state index contributed by atoms with van der Waals surface area (Å²) in [4.78, 5) is 19.9. The molecule has 0 spiro atoms. The van der Waals surface area contributed by atoms with Crippen LogP contribution in [0.3, 0.4) is 0 Å². The summed E-state index contributed by atoms with van der Waals surface area (Å²) in [6.07, 6.45) is 2.73. The average Bonchev–Trinajstić information content (AvgIpc) is 3.23. The first-order valence-electron chi connectivity index (χ1n) is 9.14. The molecule has 3 nitrogen and oxygen atoms in total. The predicted octanol–water partition coefficient (Wildman–Crippen LogP) is 5.80. The number of hydrogen-bond acceptors (Lipinski definition) is 3. The van der Waals surface area contributed by atoms with Gasteiger partial charge in [0.1, 0.15) is 5.01 Å². The number of halogens is 1. The van der Waals surface area contributed by atoms with Crippen LogP contribution >= 0.6 is 22.9 Å². The third-order valence-corrected chi connectivity index (χ3v) is 6.50. The molecule has 3 atom stereocenters. The summed E-state index contributed by atoms with van der Waals surface area (Å²) in [6.45, 7) is 2.97. The van der Waals surface area contributed by atoms with Crippen molar-refractivity contribution in [2.75, 3.05) is 6.54 Å². The zero-order valence-electron chi connectivity index (χ0n) is 15.1. The van der Waals surface area contributed by atoms with Gasteiger partial charge in [-0.15, -0.1) is 11.3 Å². The molecule has 1 fully saturated rings. The van der Waals surface area contributed by atoms with Crippen LogP contribution in [0, 0.1) is 5.92 Å². The van der Waals surface area contributed by atoms with E-state index in [9.17, 15) is 4.79 Å². The monoisotopic (exact) mass is 396 g/mol. The molecule has 5 heteroatoms. The SMILES string of the molecule is CC1CC(c2nccs2)N(C(=O)c2ccc(Cl)cc2)CC1c1ccccc1. The van der Waals surface area contributed by atoms with Gasteiger partial charge in [0.25, 0.3) is 5.91 Å². The van der Waals surface area contributed by atoms with E-state index in [1.165, 1.54) is 5.56 Å². The van der Waals surface area contributed by atoms with Gasteiger partial charge in [-0.2, -0.15) is 0 Å². The number of benzene rings is 2. The molecule has 0 bridgehead atoms. The Labute approximate surface area is 168 Å². The summed E-state index contributed by atoms with van der Waals surface area (Å²) in [6, 6.07) is 17.7. The Morgan fingerprint density at radius 3 is 2.56 bits per heavy atom. The minimum atomic E-state index is 0.0168. The molecule has 0 radical (unpaired) electrons. The molecule has 2 heterocycles. The maximum absolute atomic E-state index is 13.4. The van der Waals surface area contributed by atoms with Crippen molar-refractivity contribution in [1.29, 1.82) is 0 Å². The number of likely N-dealkylation sites (tertiary alicyclic amines) is 1. The van der Waals surface area contributed by atoms with E-state index in [2.05, 4.69) is 36.2 Å². The highest BCUT2D eigenvalue weighted by molar-refractivity contribution is 7.09. The number of carbonyl (C=O) groups is 1. The summed E-state index contributed by atoms with van der Waals surface area (Å²) in [7, 11) is 0. The minimum Gasteiger partial charge on any atom is -0.329 e. The second-order valence-corrected chi connectivity index (χ2v) is 8.44. The molecule has 3 aromatic rings. The second-order valence-electron chi connectivity index (χ2n) is 7.08. The lowest BCUT2D eigenvalue weighted by atomic mass is 9.79. The molecule has 4 rings (SSSR count). The number of amides is 1. The first-order chi connectivity index (χ1) is 13.1. The number of hydrogen-bond donors (Lipinski definition) is 0. The number of piperidine rings is 1. The molecule has 27 heavy (non-hydrogen) atoms. The Balaban J connectivity index is 1.68. The van der Waals surface area contributed by atoms with E-state index in [1.807, 2.05) is 22.5 Å². The van der Waals surface area contributed by atoms with E-state index in [0.29, 0.717) is 29.0 Å². The lowest BCUT2D eigenvalue weighted by Crippen LogP contribution is -2.44. The van der Waals surface area contributed by atoms with Crippen LogP contribution in [-0.2, 0) is 0 Å². The summed E-state index contributed by atoms with van der Waals surface area (Å²) >= 11 is 7.62. The second kappa shape index (κ2) is 7.83. The Hall–Kier alpha value is -2.17. The normalized spacial score (nSPS) is 22.6. The number of nitrogens with zero attached hydrogens (tertiary/aromatic N) is 2. The molecule has 1 aliphatic rings. The van der Waals surface area contributed by atoms with Crippen LogP contribution in [0.1, 0.15) is 46.2 Å². The maximum atomic E-state index is 13.4. The van der Waals surface area contributed by atoms with Gasteiger partial charge < -0.3 is 4.90 Å². The van der Waals surface area contributed by atoms with Gasteiger partial charge in [-0.05, 0) is 42.2 Å². The van der Waals surface area contributed by atoms with E-state index in [0.717, 1.165) is 11.4 Å². The van der Waals surface area contributed by atoms with Gasteiger partial charge >= 0.3 is 0 Å². The molecule has 138 valence electrons. The van der Waals surface area contributed by atoms with Crippen LogP contribution in [0.4, 0.5) is 0 Å². The minimum absolute atomic E-state index is 0.0168. The topological polar surface area (TPSA) is 33.2 Å². The van der Waals surface area contributed by atoms with Crippen molar-refractivity contribution in [3.05, 3.63) is 87.3 Å². The molecule has 1 aliphatic heterocycles. The van der Waals surface area contributed by atoms with Gasteiger partial charge in [0.2, 0.25) is 0 Å². The number of thiazole rings is 1. The largest absolute Gasteiger partial charge is 0.329 e. The van der Waals surface area contributed by atoms with Crippen molar-refractivity contribution in [3.8, 4) is 0 Å². The van der Waals surface area contributed by atoms with Gasteiger partial charge in [0.15, 0.2) is 0 Å². The highest BCUT2D eigenvalue weighted by Crippen LogP contribution is 2.42. The Morgan fingerprint density at radius 2 is 1.89 bits per heavy atom. The molecular formula is C22H21ClN2OS. The lowest BCUT2D eigenvalue weighted by Gasteiger charge is -2.42. The van der Waals surface area contributed by atoms with Crippen molar-refractivity contribution in [3.63, 3.8) is 0 Å². The van der Waals surface area contributed by atoms with Gasteiger partial charge in [0.05, 0.1) is 6.04 Å². The predicted molar refractivity (Wildman–Crippen MR) is 110 cm³/mol. The zero-order chi connectivity index (χ0) is 18.8. The molecule has 0 N–H and O–H groups in total. The van der Waals surface area contributed by atoms with Crippen molar-refractivity contribution in [2.45, 2.75) is 25.3 Å². The fourth-order valence-corrected chi connectivity index (χ4v) is 4.80. The third-order valence-electron chi connectivity index (χ3n) is 5.37. The van der Waals surface area contributed by atoms with Crippen LogP contribution in [0.5, 0.6) is 0 Å². The molecule has 3 unspecified atom stereocenters. The highest BCUT2D eigenvalue weighted by atomic mass is 35.5. The van der Waals surface area contributed by atoms with E-state index in [4.69, 9.17) is 11.6 Å². The fourth-order valence-electron chi connectivity index (χ4n) is 3.91. The van der Waals surface area contributed by atoms with E-state index in [1.54, 1.807) is 35.6 Å². The first-order valence-corrected chi connectivity index (χ1v) is 10.4. The number of carbonyl (C=O) groups excluding carboxylic acids is 1. The third kappa shape index (κ3) is 3.78. The van der Waals surface area contributed by atoms with Crippen LogP contribution in [-0.4, -0.2) is 22.3 Å². The van der Waals surface area contributed by atoms with Crippen LogP contribution in [0.2, 0.25) is 5.02 Å². The summed E-state index contributed by atoms with van der Waals surface area (Å²) < 4.78 is 0. The van der Waals surface area contributed by atoms with E-state index >= 15 is 0 Å². The zero-order valence-corrected chi connectivity index (χ0v) is 16.7. The summed E-state index contributed by atoms with van der Waals surface area (Å²) in [5.41, 5.74) is 1.96. The van der Waals surface area contributed by atoms with Gasteiger partial charge in [0, 0.05) is 34.6 Å². The van der Waals surface area contributed by atoms with Crippen molar-refractivity contribution in [1.82, 2.24) is 9.88 Å². The molecule has 1 saturated heterocycles. The Kier molecular flexibility index (Phi) is 5.28. The van der Waals surface area contributed by atoms with Gasteiger partial charge in [-0.1, -0.05) is 48.9 Å². The van der Waals surface area contributed by atoms with Crippen molar-refractivity contribution in [2.24, 2.45) is 5.92 Å². The highest BCUT2D eigenvalue weighted by Gasteiger charge is 2.38. The van der Waals surface area contributed by atoms with Crippen LogP contribution in [0.25, 0.3) is 0 Å². The maximum Gasteiger partial charge on any atom is 0.254 e.